The Hall–Kier alpha value is -0.110. The Morgan fingerprint density at radius 2 is 1.05 bits per heavy atom. The Labute approximate surface area is 136 Å². The molecule has 122 valence electrons. The van der Waals surface area contributed by atoms with E-state index >= 15 is 0 Å². The molecule has 2 rings (SSSR count). The molecule has 0 heterocycles. The van der Waals surface area contributed by atoms with Crippen LogP contribution in [-0.4, -0.2) is 11.0 Å². The molecule has 3 heteroatoms. The molecule has 0 unspecified atom stereocenters. The summed E-state index contributed by atoms with van der Waals surface area (Å²) in [6, 6.07) is 0.436. The Balaban J connectivity index is 1.88. The van der Waals surface area contributed by atoms with Gasteiger partial charge in [-0.15, -0.1) is 0 Å². The van der Waals surface area contributed by atoms with Gasteiger partial charge >= 0.3 is 0 Å². The number of hydrogen-bond donors (Lipinski definition) is 0. The first kappa shape index (κ1) is 17.2. The molecule has 0 saturated heterocycles. The highest BCUT2D eigenvalue weighted by Gasteiger charge is 2.27. The first-order valence-corrected chi connectivity index (χ1v) is 9.77. The van der Waals surface area contributed by atoms with E-state index in [2.05, 4.69) is 5.11 Å². The second kappa shape index (κ2) is 9.82. The van der Waals surface area contributed by atoms with Crippen LogP contribution in [0.2, 0.25) is 0 Å². The molecule has 21 heavy (non-hydrogen) atoms. The lowest BCUT2D eigenvalue weighted by Gasteiger charge is -2.21. The summed E-state index contributed by atoms with van der Waals surface area (Å²) in [5, 5.41) is 9.39. The molecule has 0 amide bonds. The van der Waals surface area contributed by atoms with Gasteiger partial charge in [0.25, 0.3) is 0 Å². The topological polar surface area (TPSA) is 24.7 Å². The highest BCUT2D eigenvalue weighted by atomic mass is 35.5. The quantitative estimate of drug-likeness (QED) is 0.297. The van der Waals surface area contributed by atoms with Crippen molar-refractivity contribution in [1.29, 1.82) is 0 Å². The summed E-state index contributed by atoms with van der Waals surface area (Å²) in [6.45, 7) is 0. The number of halogens is 1. The Morgan fingerprint density at radius 3 is 1.57 bits per heavy atom. The average Bonchev–Trinajstić information content (AvgIpc) is 2.68. The van der Waals surface area contributed by atoms with Gasteiger partial charge in [0.1, 0.15) is 0 Å². The molecule has 0 bridgehead atoms. The van der Waals surface area contributed by atoms with E-state index < -0.39 is 0 Å². The van der Waals surface area contributed by atoms with Gasteiger partial charge in [-0.3, -0.25) is 0 Å². The zero-order chi connectivity index (χ0) is 14.8. The number of azo groups is 1. The van der Waals surface area contributed by atoms with Crippen LogP contribution in [0.3, 0.4) is 0 Å². The molecule has 0 spiro atoms. The minimum absolute atomic E-state index is 0.386. The molecule has 0 aromatic rings. The highest BCUT2D eigenvalue weighted by molar-refractivity contribution is 6.23. The molecule has 0 aromatic carbocycles. The largest absolute Gasteiger partial charge is 0.189 e. The number of nitrogens with zero attached hydrogens (tertiary/aromatic N) is 2. The molecular formula is C18H33ClN2. The molecule has 0 aliphatic heterocycles. The monoisotopic (exact) mass is 312 g/mol. The van der Waals surface area contributed by atoms with Crippen molar-refractivity contribution in [2.75, 3.05) is 0 Å². The maximum absolute atomic E-state index is 6.79. The number of rotatable bonds is 2. The van der Waals surface area contributed by atoms with Gasteiger partial charge in [-0.25, -0.2) is 0 Å². The molecule has 0 atom stereocenters. The lowest BCUT2D eigenvalue weighted by Crippen LogP contribution is -2.18. The molecule has 0 radical (unpaired) electrons. The summed E-state index contributed by atoms with van der Waals surface area (Å²) >= 11 is 6.79. The van der Waals surface area contributed by atoms with Crippen LogP contribution in [0.5, 0.6) is 0 Å². The minimum Gasteiger partial charge on any atom is -0.189 e. The summed E-state index contributed by atoms with van der Waals surface area (Å²) in [4.78, 5) is -0.386. The van der Waals surface area contributed by atoms with E-state index in [1.54, 1.807) is 0 Å². The third kappa shape index (κ3) is 7.13. The van der Waals surface area contributed by atoms with Crippen molar-refractivity contribution in [3.8, 4) is 0 Å². The summed E-state index contributed by atoms with van der Waals surface area (Å²) in [6.07, 6.45) is 20.5. The van der Waals surface area contributed by atoms with E-state index in [9.17, 15) is 0 Å². The standard InChI is InChI=1S/C18H33ClN2/c19-18(15-11-7-3-4-8-12-16-18)21-20-17-13-9-5-1-2-6-10-14-17/h17H,1-16H2/b21-20+. The molecular weight excluding hydrogens is 280 g/mol. The Morgan fingerprint density at radius 1 is 0.619 bits per heavy atom. The molecule has 2 fully saturated rings. The van der Waals surface area contributed by atoms with Gasteiger partial charge in [-0.1, -0.05) is 75.8 Å². The molecule has 0 N–H and O–H groups in total. The average molecular weight is 313 g/mol. The van der Waals surface area contributed by atoms with Crippen molar-refractivity contribution in [2.24, 2.45) is 10.2 Å². The second-order valence-electron chi connectivity index (χ2n) is 7.11. The van der Waals surface area contributed by atoms with Gasteiger partial charge in [-0.2, -0.15) is 10.2 Å². The van der Waals surface area contributed by atoms with Gasteiger partial charge in [-0.05, 0) is 38.5 Å². The van der Waals surface area contributed by atoms with Crippen LogP contribution in [0.15, 0.2) is 10.2 Å². The fourth-order valence-electron chi connectivity index (χ4n) is 3.64. The third-order valence-electron chi connectivity index (χ3n) is 5.09. The van der Waals surface area contributed by atoms with Gasteiger partial charge in [0, 0.05) is 0 Å². The zero-order valence-electron chi connectivity index (χ0n) is 13.7. The van der Waals surface area contributed by atoms with Crippen molar-refractivity contribution >= 4 is 11.6 Å². The molecule has 0 aromatic heterocycles. The second-order valence-corrected chi connectivity index (χ2v) is 7.81. The lowest BCUT2D eigenvalue weighted by molar-refractivity contribution is 0.429. The van der Waals surface area contributed by atoms with Crippen LogP contribution in [0, 0.1) is 0 Å². The zero-order valence-corrected chi connectivity index (χ0v) is 14.4. The summed E-state index contributed by atoms with van der Waals surface area (Å²) < 4.78 is 0. The van der Waals surface area contributed by atoms with Gasteiger partial charge in [0.15, 0.2) is 5.00 Å². The highest BCUT2D eigenvalue weighted by Crippen LogP contribution is 2.34. The Kier molecular flexibility index (Phi) is 8.06. The van der Waals surface area contributed by atoms with E-state index in [1.165, 1.54) is 89.9 Å². The molecule has 2 nitrogen and oxygen atoms in total. The van der Waals surface area contributed by atoms with Crippen molar-refractivity contribution in [3.05, 3.63) is 0 Å². The third-order valence-corrected chi connectivity index (χ3v) is 5.55. The number of hydrogen-bond acceptors (Lipinski definition) is 2. The van der Waals surface area contributed by atoms with Gasteiger partial charge in [0.05, 0.1) is 6.04 Å². The Bertz CT molecular complexity index is 284. The van der Waals surface area contributed by atoms with Gasteiger partial charge in [0.2, 0.25) is 0 Å². The van der Waals surface area contributed by atoms with Crippen LogP contribution < -0.4 is 0 Å². The van der Waals surface area contributed by atoms with Crippen molar-refractivity contribution in [3.63, 3.8) is 0 Å². The van der Waals surface area contributed by atoms with Crippen molar-refractivity contribution < 1.29 is 0 Å². The van der Waals surface area contributed by atoms with Crippen molar-refractivity contribution in [1.82, 2.24) is 0 Å². The molecule has 2 saturated carbocycles. The van der Waals surface area contributed by atoms with E-state index in [0.29, 0.717) is 6.04 Å². The summed E-state index contributed by atoms with van der Waals surface area (Å²) in [5.41, 5.74) is 0. The summed E-state index contributed by atoms with van der Waals surface area (Å²) in [7, 11) is 0. The minimum atomic E-state index is -0.386. The van der Waals surface area contributed by atoms with Crippen LogP contribution in [0.25, 0.3) is 0 Å². The predicted octanol–water partition coefficient (Wildman–Crippen LogP) is 7.01. The number of alkyl halides is 1. The first-order valence-electron chi connectivity index (χ1n) is 9.39. The van der Waals surface area contributed by atoms with Crippen LogP contribution in [0.4, 0.5) is 0 Å². The first-order chi connectivity index (χ1) is 10.3. The van der Waals surface area contributed by atoms with Gasteiger partial charge < -0.3 is 0 Å². The van der Waals surface area contributed by atoms with E-state index in [-0.39, 0.29) is 5.00 Å². The fourth-order valence-corrected chi connectivity index (χ4v) is 3.95. The van der Waals surface area contributed by atoms with Crippen LogP contribution >= 0.6 is 11.6 Å². The smallest absolute Gasteiger partial charge is 0.154 e. The van der Waals surface area contributed by atoms with E-state index in [1.807, 2.05) is 0 Å². The predicted molar refractivity (Wildman–Crippen MR) is 91.1 cm³/mol. The van der Waals surface area contributed by atoms with Crippen molar-refractivity contribution in [2.45, 2.75) is 114 Å². The molecule has 2 aliphatic carbocycles. The fraction of sp³-hybridized carbons (Fsp3) is 1.00. The van der Waals surface area contributed by atoms with E-state index in [4.69, 9.17) is 16.7 Å². The van der Waals surface area contributed by atoms with Crippen LogP contribution in [-0.2, 0) is 0 Å². The normalized spacial score (nSPS) is 27.1. The summed E-state index contributed by atoms with van der Waals surface area (Å²) in [5.74, 6) is 0. The maximum atomic E-state index is 6.79. The van der Waals surface area contributed by atoms with Crippen LogP contribution in [0.1, 0.15) is 103 Å². The maximum Gasteiger partial charge on any atom is 0.154 e. The van der Waals surface area contributed by atoms with E-state index in [0.717, 1.165) is 12.8 Å². The molecule has 2 aliphatic rings. The lowest BCUT2D eigenvalue weighted by atomic mass is 10.0. The SMILES string of the molecule is ClC1(/N=N/C2CCCCCCCC2)CCCCCCCC1.